The van der Waals surface area contributed by atoms with E-state index in [1.54, 1.807) is 0 Å². The lowest BCUT2D eigenvalue weighted by molar-refractivity contribution is -0.112. The van der Waals surface area contributed by atoms with E-state index in [9.17, 15) is 4.79 Å². The summed E-state index contributed by atoms with van der Waals surface area (Å²) in [6.07, 6.45) is 0. The van der Waals surface area contributed by atoms with Gasteiger partial charge >= 0.3 is 0 Å². The molecular weight excluding hydrogens is 296 g/mol. The summed E-state index contributed by atoms with van der Waals surface area (Å²) in [7, 11) is 0. The fourth-order valence-electron chi connectivity index (χ4n) is 2.76. The predicted octanol–water partition coefficient (Wildman–Crippen LogP) is 4.85. The van der Waals surface area contributed by atoms with Gasteiger partial charge in [0.2, 0.25) is 0 Å². The van der Waals surface area contributed by atoms with E-state index < -0.39 is 0 Å². The summed E-state index contributed by atoms with van der Waals surface area (Å²) in [4.78, 5) is 12.7. The van der Waals surface area contributed by atoms with E-state index in [4.69, 9.17) is 5.73 Å². The molecule has 0 heterocycles. The topological polar surface area (TPSA) is 55.1 Å². The number of nitrogens with one attached hydrogen (secondary N) is 1. The first kappa shape index (κ1) is 15.8. The predicted molar refractivity (Wildman–Crippen MR) is 102 cm³/mol. The van der Waals surface area contributed by atoms with Gasteiger partial charge in [-0.1, -0.05) is 54.6 Å². The van der Waals surface area contributed by atoms with Crippen LogP contribution in [0.3, 0.4) is 0 Å². The summed E-state index contributed by atoms with van der Waals surface area (Å²) in [6, 6.07) is 21.5. The number of para-hydroxylation sites is 1. The quantitative estimate of drug-likeness (QED) is 0.536. The van der Waals surface area contributed by atoms with Crippen molar-refractivity contribution in [3.8, 4) is 0 Å². The maximum Gasteiger partial charge on any atom is 0.251 e. The zero-order chi connectivity index (χ0) is 17.1. The number of nitrogens with two attached hydrogens (primary N) is 1. The fourth-order valence-corrected chi connectivity index (χ4v) is 2.76. The number of rotatable bonds is 3. The highest BCUT2D eigenvalue weighted by molar-refractivity contribution is 6.12. The van der Waals surface area contributed by atoms with Crippen LogP contribution in [0.1, 0.15) is 19.4 Å². The van der Waals surface area contributed by atoms with Gasteiger partial charge in [-0.05, 0) is 36.9 Å². The van der Waals surface area contributed by atoms with Crippen LogP contribution in [-0.4, -0.2) is 5.91 Å². The van der Waals surface area contributed by atoms with Crippen LogP contribution in [0.2, 0.25) is 0 Å². The SMILES string of the molecule is C/C(C(=O)Nc1cccc2ccccc12)=C(/C)c1ccccc1N. The summed E-state index contributed by atoms with van der Waals surface area (Å²) in [6.45, 7) is 3.74. The highest BCUT2D eigenvalue weighted by atomic mass is 16.1. The highest BCUT2D eigenvalue weighted by Crippen LogP contribution is 2.26. The molecule has 120 valence electrons. The molecule has 0 aliphatic heterocycles. The minimum absolute atomic E-state index is 0.118. The lowest BCUT2D eigenvalue weighted by Crippen LogP contribution is -2.14. The molecule has 0 aliphatic carbocycles. The number of carbonyl (C=O) groups is 1. The number of carbonyl (C=O) groups excluding carboxylic acids is 1. The van der Waals surface area contributed by atoms with Crippen LogP contribution >= 0.6 is 0 Å². The summed E-state index contributed by atoms with van der Waals surface area (Å²) in [5, 5.41) is 5.14. The molecular formula is C21H20N2O. The molecule has 3 heteroatoms. The van der Waals surface area contributed by atoms with Crippen LogP contribution in [0.15, 0.2) is 72.3 Å². The van der Waals surface area contributed by atoms with Crippen LogP contribution in [0, 0.1) is 0 Å². The third kappa shape index (κ3) is 3.01. The molecule has 0 aromatic heterocycles. The molecule has 0 aliphatic rings. The lowest BCUT2D eigenvalue weighted by Gasteiger charge is -2.12. The van der Waals surface area contributed by atoms with Crippen molar-refractivity contribution in [2.75, 3.05) is 11.1 Å². The van der Waals surface area contributed by atoms with Crippen LogP contribution in [0.5, 0.6) is 0 Å². The second-order valence-corrected chi connectivity index (χ2v) is 5.82. The Hall–Kier alpha value is -3.07. The Bertz CT molecular complexity index is 936. The maximum absolute atomic E-state index is 12.7. The average Bonchev–Trinajstić information content (AvgIpc) is 2.61. The van der Waals surface area contributed by atoms with Gasteiger partial charge in [0.1, 0.15) is 0 Å². The van der Waals surface area contributed by atoms with Crippen LogP contribution in [0.25, 0.3) is 16.3 Å². The van der Waals surface area contributed by atoms with Gasteiger partial charge in [0, 0.05) is 27.9 Å². The Morgan fingerprint density at radius 1 is 0.875 bits per heavy atom. The standard InChI is InChI=1S/C21H20N2O/c1-14(17-10-5-6-12-19(17)22)15(2)21(24)23-20-13-7-9-16-8-3-4-11-18(16)20/h3-13H,22H2,1-2H3,(H,23,24)/b15-14+. The van der Waals surface area contributed by atoms with Gasteiger partial charge in [-0.25, -0.2) is 0 Å². The fraction of sp³-hybridized carbons (Fsp3) is 0.0952. The molecule has 3 aromatic rings. The number of allylic oxidation sites excluding steroid dienone is 1. The molecule has 0 radical (unpaired) electrons. The van der Waals surface area contributed by atoms with Crippen LogP contribution < -0.4 is 11.1 Å². The molecule has 0 fully saturated rings. The molecule has 0 bridgehead atoms. The molecule has 0 unspecified atom stereocenters. The smallest absolute Gasteiger partial charge is 0.251 e. The van der Waals surface area contributed by atoms with Gasteiger partial charge in [-0.2, -0.15) is 0 Å². The number of fused-ring (bicyclic) bond motifs is 1. The Labute approximate surface area is 141 Å². The number of nitrogen functional groups attached to an aromatic ring is 1. The van der Waals surface area contributed by atoms with Gasteiger partial charge in [0.25, 0.3) is 5.91 Å². The van der Waals surface area contributed by atoms with Gasteiger partial charge in [0.15, 0.2) is 0 Å². The molecule has 3 rings (SSSR count). The summed E-state index contributed by atoms with van der Waals surface area (Å²) < 4.78 is 0. The number of amides is 1. The summed E-state index contributed by atoms with van der Waals surface area (Å²) >= 11 is 0. The molecule has 0 saturated heterocycles. The van der Waals surface area contributed by atoms with Crippen molar-refractivity contribution in [3.05, 3.63) is 77.9 Å². The molecule has 0 spiro atoms. The minimum atomic E-state index is -0.118. The third-order valence-corrected chi connectivity index (χ3v) is 4.31. The molecule has 0 atom stereocenters. The molecule has 3 aromatic carbocycles. The van der Waals surface area contributed by atoms with Crippen LogP contribution in [0.4, 0.5) is 11.4 Å². The number of benzene rings is 3. The van der Waals surface area contributed by atoms with E-state index in [1.165, 1.54) is 0 Å². The molecule has 3 nitrogen and oxygen atoms in total. The first-order valence-electron chi connectivity index (χ1n) is 7.89. The summed E-state index contributed by atoms with van der Waals surface area (Å²) in [5.41, 5.74) is 9.93. The van der Waals surface area contributed by atoms with Gasteiger partial charge in [0.05, 0.1) is 0 Å². The number of hydrogen-bond acceptors (Lipinski definition) is 2. The molecule has 1 amide bonds. The van der Waals surface area contributed by atoms with Crippen molar-refractivity contribution in [1.29, 1.82) is 0 Å². The van der Waals surface area contributed by atoms with Crippen molar-refractivity contribution in [2.24, 2.45) is 0 Å². The van der Waals surface area contributed by atoms with E-state index >= 15 is 0 Å². The molecule has 24 heavy (non-hydrogen) atoms. The normalized spacial score (nSPS) is 11.9. The zero-order valence-corrected chi connectivity index (χ0v) is 13.8. The van der Waals surface area contributed by atoms with Crippen molar-refractivity contribution in [3.63, 3.8) is 0 Å². The van der Waals surface area contributed by atoms with Crippen molar-refractivity contribution in [1.82, 2.24) is 0 Å². The summed E-state index contributed by atoms with van der Waals surface area (Å²) in [5.74, 6) is -0.118. The first-order valence-corrected chi connectivity index (χ1v) is 7.89. The molecule has 3 N–H and O–H groups in total. The second kappa shape index (κ2) is 6.59. The van der Waals surface area contributed by atoms with Gasteiger partial charge in [-0.15, -0.1) is 0 Å². The maximum atomic E-state index is 12.7. The third-order valence-electron chi connectivity index (χ3n) is 4.31. The molecule has 0 saturated carbocycles. The number of hydrogen-bond donors (Lipinski definition) is 2. The Balaban J connectivity index is 1.94. The van der Waals surface area contributed by atoms with Gasteiger partial charge in [-0.3, -0.25) is 4.79 Å². The van der Waals surface area contributed by atoms with Crippen molar-refractivity contribution < 1.29 is 4.79 Å². The first-order chi connectivity index (χ1) is 11.6. The Morgan fingerprint density at radius 2 is 1.54 bits per heavy atom. The largest absolute Gasteiger partial charge is 0.398 e. The highest BCUT2D eigenvalue weighted by Gasteiger charge is 2.12. The second-order valence-electron chi connectivity index (χ2n) is 5.82. The monoisotopic (exact) mass is 316 g/mol. The van der Waals surface area contributed by atoms with Crippen molar-refractivity contribution in [2.45, 2.75) is 13.8 Å². The van der Waals surface area contributed by atoms with E-state index in [1.807, 2.05) is 80.6 Å². The van der Waals surface area contributed by atoms with E-state index in [0.29, 0.717) is 11.3 Å². The number of anilines is 2. The van der Waals surface area contributed by atoms with E-state index in [0.717, 1.165) is 27.6 Å². The Morgan fingerprint density at radius 3 is 2.33 bits per heavy atom. The van der Waals surface area contributed by atoms with Gasteiger partial charge < -0.3 is 11.1 Å². The Kier molecular flexibility index (Phi) is 4.34. The van der Waals surface area contributed by atoms with Crippen molar-refractivity contribution >= 4 is 33.6 Å². The zero-order valence-electron chi connectivity index (χ0n) is 13.8. The van der Waals surface area contributed by atoms with Crippen LogP contribution in [-0.2, 0) is 4.79 Å². The lowest BCUT2D eigenvalue weighted by atomic mass is 10.00. The van der Waals surface area contributed by atoms with E-state index in [2.05, 4.69) is 5.32 Å². The average molecular weight is 316 g/mol. The van der Waals surface area contributed by atoms with E-state index in [-0.39, 0.29) is 5.91 Å². The minimum Gasteiger partial charge on any atom is -0.398 e.